The molecule has 1 fully saturated rings. The average molecular weight is 206 g/mol. The molecular weight excluding hydrogens is 192 g/mol. The molecule has 3 heteroatoms. The Balaban J connectivity index is 2.39. The Morgan fingerprint density at radius 1 is 1.47 bits per heavy atom. The summed E-state index contributed by atoms with van der Waals surface area (Å²) in [6, 6.07) is 7.20. The van der Waals surface area contributed by atoms with Gasteiger partial charge in [-0.15, -0.1) is 0 Å². The molecule has 1 saturated carbocycles. The van der Waals surface area contributed by atoms with Crippen LogP contribution in [-0.2, 0) is 10.2 Å². The smallest absolute Gasteiger partial charge is 0.335 e. The van der Waals surface area contributed by atoms with Crippen LogP contribution in [0, 0.1) is 0 Å². The van der Waals surface area contributed by atoms with Crippen molar-refractivity contribution < 1.29 is 14.6 Å². The van der Waals surface area contributed by atoms with Crippen LogP contribution < -0.4 is 0 Å². The van der Waals surface area contributed by atoms with Crippen LogP contribution >= 0.6 is 0 Å². The number of carboxylic acid groups (broad SMARTS) is 1. The third kappa shape index (κ3) is 1.75. The summed E-state index contributed by atoms with van der Waals surface area (Å²) in [6.45, 7) is 0.608. The second-order valence-electron chi connectivity index (χ2n) is 4.06. The summed E-state index contributed by atoms with van der Waals surface area (Å²) in [7, 11) is 1.66. The number of carbonyl (C=O) groups is 1. The van der Waals surface area contributed by atoms with Crippen molar-refractivity contribution in [2.45, 2.75) is 18.3 Å². The van der Waals surface area contributed by atoms with Crippen LogP contribution in [0.15, 0.2) is 24.3 Å². The molecule has 1 aliphatic carbocycles. The molecule has 0 spiro atoms. The number of carboxylic acids is 1. The number of ether oxygens (including phenoxy) is 1. The minimum absolute atomic E-state index is 0.0380. The van der Waals surface area contributed by atoms with Gasteiger partial charge in [-0.2, -0.15) is 0 Å². The fourth-order valence-corrected chi connectivity index (χ4v) is 2.05. The summed E-state index contributed by atoms with van der Waals surface area (Å²) in [5.74, 6) is -0.854. The fourth-order valence-electron chi connectivity index (χ4n) is 2.05. The highest BCUT2D eigenvalue weighted by molar-refractivity contribution is 5.90. The molecule has 1 aromatic carbocycles. The maximum absolute atomic E-state index is 11.1. The molecule has 0 bridgehead atoms. The first-order valence-corrected chi connectivity index (χ1v) is 5.01. The molecule has 80 valence electrons. The molecule has 0 heterocycles. The van der Waals surface area contributed by atoms with Crippen LogP contribution in [0.5, 0.6) is 0 Å². The van der Waals surface area contributed by atoms with Crippen LogP contribution in [0.2, 0.25) is 0 Å². The summed E-state index contributed by atoms with van der Waals surface area (Å²) >= 11 is 0. The van der Waals surface area contributed by atoms with Gasteiger partial charge < -0.3 is 9.84 Å². The summed E-state index contributed by atoms with van der Waals surface area (Å²) in [5, 5.41) is 9.08. The molecule has 0 radical (unpaired) electrons. The van der Waals surface area contributed by atoms with Gasteiger partial charge in [0.1, 0.15) is 0 Å². The second kappa shape index (κ2) is 3.66. The Hall–Kier alpha value is -1.35. The molecule has 1 N–H and O–H groups in total. The first-order valence-electron chi connectivity index (χ1n) is 5.01. The Bertz CT molecular complexity index is 380. The lowest BCUT2D eigenvalue weighted by Gasteiger charge is -2.16. The van der Waals surface area contributed by atoms with E-state index in [4.69, 9.17) is 9.84 Å². The zero-order valence-corrected chi connectivity index (χ0v) is 8.69. The largest absolute Gasteiger partial charge is 0.478 e. The minimum atomic E-state index is -0.854. The molecule has 2 rings (SSSR count). The highest BCUT2D eigenvalue weighted by Crippen LogP contribution is 2.49. The maximum atomic E-state index is 11.1. The van der Waals surface area contributed by atoms with E-state index in [1.165, 1.54) is 0 Å². The highest BCUT2D eigenvalue weighted by Gasteiger charge is 2.46. The predicted molar refractivity (Wildman–Crippen MR) is 56.2 cm³/mol. The van der Waals surface area contributed by atoms with E-state index in [0.29, 0.717) is 12.2 Å². The van der Waals surface area contributed by atoms with Crippen molar-refractivity contribution in [3.8, 4) is 0 Å². The minimum Gasteiger partial charge on any atom is -0.478 e. The van der Waals surface area contributed by atoms with Crippen molar-refractivity contribution in [1.82, 2.24) is 0 Å². The topological polar surface area (TPSA) is 46.5 Å². The monoisotopic (exact) mass is 206 g/mol. The predicted octanol–water partition coefficient (Wildman–Crippen LogP) is 2.06. The Labute approximate surface area is 88.7 Å². The zero-order chi connectivity index (χ0) is 10.9. The van der Waals surface area contributed by atoms with E-state index in [0.717, 1.165) is 18.4 Å². The number of hydrogen-bond acceptors (Lipinski definition) is 2. The van der Waals surface area contributed by atoms with E-state index in [9.17, 15) is 4.79 Å². The number of methoxy groups -OCH3 is 1. The quantitative estimate of drug-likeness (QED) is 0.820. The van der Waals surface area contributed by atoms with Crippen molar-refractivity contribution >= 4 is 5.97 Å². The molecule has 0 saturated heterocycles. The lowest BCUT2D eigenvalue weighted by molar-refractivity contribution is 0.0693. The Kier molecular flexibility index (Phi) is 2.49. The van der Waals surface area contributed by atoms with E-state index in [1.807, 2.05) is 12.1 Å². The van der Waals surface area contributed by atoms with Crippen LogP contribution in [0.25, 0.3) is 0 Å². The van der Waals surface area contributed by atoms with Gasteiger partial charge in [0.15, 0.2) is 0 Å². The van der Waals surface area contributed by atoms with Crippen molar-refractivity contribution in [3.63, 3.8) is 0 Å². The Morgan fingerprint density at radius 2 is 2.13 bits per heavy atom. The number of hydrogen-bond donors (Lipinski definition) is 1. The van der Waals surface area contributed by atoms with Gasteiger partial charge in [0.05, 0.1) is 12.2 Å². The molecule has 0 atom stereocenters. The van der Waals surface area contributed by atoms with E-state index < -0.39 is 5.97 Å². The number of rotatable bonds is 4. The standard InChI is InChI=1S/C12H14O3/c1-15-8-12(6-7-12)10-5-3-2-4-9(10)11(13)14/h2-5H,6-8H2,1H3,(H,13,14). The summed E-state index contributed by atoms with van der Waals surface area (Å²) < 4.78 is 5.17. The Morgan fingerprint density at radius 3 is 2.67 bits per heavy atom. The van der Waals surface area contributed by atoms with Gasteiger partial charge >= 0.3 is 5.97 Å². The average Bonchev–Trinajstić information content (AvgIpc) is 2.99. The highest BCUT2D eigenvalue weighted by atomic mass is 16.5. The normalized spacial score (nSPS) is 17.4. The third-order valence-corrected chi connectivity index (χ3v) is 3.00. The van der Waals surface area contributed by atoms with Gasteiger partial charge in [0.25, 0.3) is 0 Å². The molecule has 0 aromatic heterocycles. The van der Waals surface area contributed by atoms with Crippen LogP contribution in [0.1, 0.15) is 28.8 Å². The van der Waals surface area contributed by atoms with Crippen molar-refractivity contribution in [2.24, 2.45) is 0 Å². The molecule has 1 aromatic rings. The molecule has 0 amide bonds. The molecular formula is C12H14O3. The van der Waals surface area contributed by atoms with Crippen LogP contribution in [-0.4, -0.2) is 24.8 Å². The molecule has 15 heavy (non-hydrogen) atoms. The molecule has 0 aliphatic heterocycles. The second-order valence-corrected chi connectivity index (χ2v) is 4.06. The zero-order valence-electron chi connectivity index (χ0n) is 8.69. The van der Waals surface area contributed by atoms with Gasteiger partial charge in [0.2, 0.25) is 0 Å². The molecule has 3 nitrogen and oxygen atoms in total. The van der Waals surface area contributed by atoms with E-state index in [1.54, 1.807) is 19.2 Å². The van der Waals surface area contributed by atoms with Crippen molar-refractivity contribution in [2.75, 3.05) is 13.7 Å². The van der Waals surface area contributed by atoms with Crippen molar-refractivity contribution in [1.29, 1.82) is 0 Å². The fraction of sp³-hybridized carbons (Fsp3) is 0.417. The van der Waals surface area contributed by atoms with E-state index >= 15 is 0 Å². The third-order valence-electron chi connectivity index (χ3n) is 3.00. The summed E-state index contributed by atoms with van der Waals surface area (Å²) in [6.07, 6.45) is 2.04. The van der Waals surface area contributed by atoms with Crippen LogP contribution in [0.4, 0.5) is 0 Å². The molecule has 0 unspecified atom stereocenters. The molecule has 1 aliphatic rings. The van der Waals surface area contributed by atoms with Gasteiger partial charge in [-0.1, -0.05) is 18.2 Å². The lowest BCUT2D eigenvalue weighted by atomic mass is 9.92. The maximum Gasteiger partial charge on any atom is 0.335 e. The van der Waals surface area contributed by atoms with Crippen molar-refractivity contribution in [3.05, 3.63) is 35.4 Å². The SMILES string of the molecule is COCC1(c2ccccc2C(=O)O)CC1. The number of aromatic carboxylic acids is 1. The van der Waals surface area contributed by atoms with Gasteiger partial charge in [-0.05, 0) is 24.5 Å². The first kappa shape index (κ1) is 10.2. The van der Waals surface area contributed by atoms with Gasteiger partial charge in [0, 0.05) is 12.5 Å². The van der Waals surface area contributed by atoms with Crippen LogP contribution in [0.3, 0.4) is 0 Å². The van der Waals surface area contributed by atoms with E-state index in [2.05, 4.69) is 0 Å². The first-order chi connectivity index (χ1) is 7.19. The van der Waals surface area contributed by atoms with E-state index in [-0.39, 0.29) is 5.41 Å². The number of benzene rings is 1. The van der Waals surface area contributed by atoms with Gasteiger partial charge in [-0.3, -0.25) is 0 Å². The summed E-state index contributed by atoms with van der Waals surface area (Å²) in [4.78, 5) is 11.1. The lowest BCUT2D eigenvalue weighted by Crippen LogP contribution is -2.18. The van der Waals surface area contributed by atoms with Gasteiger partial charge in [-0.25, -0.2) is 4.79 Å². The summed E-state index contributed by atoms with van der Waals surface area (Å²) in [5.41, 5.74) is 1.29.